The summed E-state index contributed by atoms with van der Waals surface area (Å²) in [4.78, 5) is 0. The van der Waals surface area contributed by atoms with Gasteiger partial charge in [0.2, 0.25) is 0 Å². The van der Waals surface area contributed by atoms with Crippen LogP contribution in [0.4, 0.5) is 0 Å². The lowest BCUT2D eigenvalue weighted by Gasteiger charge is -2.59. The van der Waals surface area contributed by atoms with Gasteiger partial charge in [0, 0.05) is 5.41 Å². The van der Waals surface area contributed by atoms with Crippen LogP contribution in [0.1, 0.15) is 78.1 Å². The van der Waals surface area contributed by atoms with Crippen molar-refractivity contribution in [2.24, 2.45) is 40.4 Å². The highest BCUT2D eigenvalue weighted by Crippen LogP contribution is 2.69. The van der Waals surface area contributed by atoms with E-state index in [1.165, 1.54) is 64.2 Å². The van der Waals surface area contributed by atoms with Crippen LogP contribution in [0.5, 0.6) is 0 Å². The third-order valence-electron chi connectivity index (χ3n) is 9.53. The van der Waals surface area contributed by atoms with Crippen molar-refractivity contribution in [1.29, 1.82) is 0 Å². The maximum Gasteiger partial charge on any atom is 0.0612 e. The number of fused-ring (bicyclic) bond motifs is 3. The summed E-state index contributed by atoms with van der Waals surface area (Å²) in [6.45, 7) is 6.24. The highest BCUT2D eigenvalue weighted by Gasteiger charge is 2.65. The molecule has 1 saturated heterocycles. The molecule has 1 nitrogen and oxygen atoms in total. The minimum Gasteiger partial charge on any atom is -0.377 e. The van der Waals surface area contributed by atoms with Gasteiger partial charge in [0.25, 0.3) is 0 Å². The Morgan fingerprint density at radius 2 is 1.86 bits per heavy atom. The number of rotatable bonds is 1. The fraction of sp³-hybridized carbons (Fsp3) is 1.00. The van der Waals surface area contributed by atoms with E-state index in [9.17, 15) is 0 Å². The second-order valence-corrected chi connectivity index (χ2v) is 9.77. The summed E-state index contributed by atoms with van der Waals surface area (Å²) in [7, 11) is 0. The van der Waals surface area contributed by atoms with E-state index in [2.05, 4.69) is 13.8 Å². The number of ether oxygens (including phenoxy) is 1. The first kappa shape index (κ1) is 14.3. The zero-order valence-electron chi connectivity index (χ0n) is 14.7. The zero-order chi connectivity index (χ0) is 14.9. The average molecular weight is 303 g/mol. The van der Waals surface area contributed by atoms with Crippen LogP contribution in [0.15, 0.2) is 0 Å². The van der Waals surface area contributed by atoms with Crippen molar-refractivity contribution in [2.45, 2.75) is 84.2 Å². The van der Waals surface area contributed by atoms with E-state index in [1.54, 1.807) is 0 Å². The van der Waals surface area contributed by atoms with Crippen LogP contribution in [0.25, 0.3) is 0 Å². The minimum atomic E-state index is 0.622. The van der Waals surface area contributed by atoms with Crippen molar-refractivity contribution in [2.75, 3.05) is 6.61 Å². The van der Waals surface area contributed by atoms with Gasteiger partial charge < -0.3 is 4.74 Å². The topological polar surface area (TPSA) is 9.23 Å². The summed E-state index contributed by atoms with van der Waals surface area (Å²) in [6.07, 6.45) is 15.5. The lowest BCUT2D eigenvalue weighted by Crippen LogP contribution is -2.55. The molecule has 22 heavy (non-hydrogen) atoms. The van der Waals surface area contributed by atoms with Crippen LogP contribution < -0.4 is 0 Å². The van der Waals surface area contributed by atoms with E-state index in [0.29, 0.717) is 16.9 Å². The van der Waals surface area contributed by atoms with Crippen LogP contribution in [0.2, 0.25) is 0 Å². The summed E-state index contributed by atoms with van der Waals surface area (Å²) < 4.78 is 6.44. The van der Waals surface area contributed by atoms with E-state index in [1.807, 2.05) is 0 Å². The first-order chi connectivity index (χ1) is 10.7. The first-order valence-electron chi connectivity index (χ1n) is 10.3. The third-order valence-corrected chi connectivity index (χ3v) is 9.53. The molecule has 0 amide bonds. The second-order valence-electron chi connectivity index (χ2n) is 9.77. The van der Waals surface area contributed by atoms with Gasteiger partial charge in [-0.15, -0.1) is 0 Å². The molecule has 8 atom stereocenters. The third kappa shape index (κ3) is 1.60. The monoisotopic (exact) mass is 302 g/mol. The Morgan fingerprint density at radius 1 is 0.955 bits per heavy atom. The van der Waals surface area contributed by atoms with Gasteiger partial charge in [-0.1, -0.05) is 33.1 Å². The molecule has 0 aromatic heterocycles. The lowest BCUT2D eigenvalue weighted by atomic mass is 9.45. The van der Waals surface area contributed by atoms with Gasteiger partial charge in [-0.25, -0.2) is 0 Å². The molecule has 4 saturated carbocycles. The van der Waals surface area contributed by atoms with Crippen LogP contribution in [0, 0.1) is 40.4 Å². The predicted octanol–water partition coefficient (Wildman–Crippen LogP) is 5.43. The van der Waals surface area contributed by atoms with Crippen molar-refractivity contribution in [3.05, 3.63) is 0 Å². The molecular formula is C21H34O. The van der Waals surface area contributed by atoms with Gasteiger partial charge in [-0.2, -0.15) is 0 Å². The van der Waals surface area contributed by atoms with Crippen LogP contribution in [0.3, 0.4) is 0 Å². The standard InChI is InChI=1S/C21H34O/c1-3-14-7-8-16-15-12-19-18-6-4-5-10-21(18,13-22-19)17(15)9-11-20(14,16)2/h14-19H,3-13H2,1-2H3/t14-,15-,16-,17-,18?,19?,20+,21-/m0/s1. The van der Waals surface area contributed by atoms with Gasteiger partial charge in [0.15, 0.2) is 0 Å². The molecule has 0 aromatic rings. The Labute approximate surface area is 136 Å². The highest BCUT2D eigenvalue weighted by molar-refractivity contribution is 5.13. The number of hydrogen-bond donors (Lipinski definition) is 0. The molecular weight excluding hydrogens is 268 g/mol. The second kappa shape index (κ2) is 4.74. The molecule has 5 aliphatic rings. The molecule has 0 aromatic carbocycles. The summed E-state index contributed by atoms with van der Waals surface area (Å²) in [5.74, 6) is 5.01. The molecule has 2 unspecified atom stereocenters. The molecule has 5 rings (SSSR count). The summed E-state index contributed by atoms with van der Waals surface area (Å²) >= 11 is 0. The van der Waals surface area contributed by atoms with Crippen molar-refractivity contribution >= 4 is 0 Å². The molecule has 0 radical (unpaired) electrons. The normalized spacial score (nSPS) is 59.7. The van der Waals surface area contributed by atoms with Gasteiger partial charge in [-0.3, -0.25) is 0 Å². The number of hydrogen-bond acceptors (Lipinski definition) is 1. The van der Waals surface area contributed by atoms with Gasteiger partial charge in [0.05, 0.1) is 12.7 Å². The van der Waals surface area contributed by atoms with Crippen LogP contribution >= 0.6 is 0 Å². The van der Waals surface area contributed by atoms with Crippen LogP contribution in [-0.4, -0.2) is 12.7 Å². The SMILES string of the molecule is CC[C@H]1CC[C@H]2[C@@H]3CC4OC[C@@]5(CCCCC45)[C@H]3CC[C@]12C. The van der Waals surface area contributed by atoms with Gasteiger partial charge in [0.1, 0.15) is 0 Å². The van der Waals surface area contributed by atoms with Gasteiger partial charge >= 0.3 is 0 Å². The predicted molar refractivity (Wildman–Crippen MR) is 89.6 cm³/mol. The molecule has 4 aliphatic carbocycles. The Morgan fingerprint density at radius 3 is 2.73 bits per heavy atom. The Bertz CT molecular complexity index is 455. The molecule has 124 valence electrons. The molecule has 5 fully saturated rings. The fourth-order valence-electron chi connectivity index (χ4n) is 8.58. The quantitative estimate of drug-likeness (QED) is 0.627. The fourth-order valence-corrected chi connectivity index (χ4v) is 8.58. The van der Waals surface area contributed by atoms with Crippen molar-refractivity contribution in [3.8, 4) is 0 Å². The van der Waals surface area contributed by atoms with E-state index in [0.717, 1.165) is 36.2 Å². The molecule has 1 heteroatoms. The van der Waals surface area contributed by atoms with Crippen molar-refractivity contribution in [3.63, 3.8) is 0 Å². The molecule has 0 spiro atoms. The lowest BCUT2D eigenvalue weighted by molar-refractivity contribution is -0.101. The highest BCUT2D eigenvalue weighted by atomic mass is 16.5. The summed E-state index contributed by atoms with van der Waals surface area (Å²) in [6, 6.07) is 0. The van der Waals surface area contributed by atoms with Crippen molar-refractivity contribution in [1.82, 2.24) is 0 Å². The summed E-state index contributed by atoms with van der Waals surface area (Å²) in [5, 5.41) is 0. The Balaban J connectivity index is 1.50. The zero-order valence-corrected chi connectivity index (χ0v) is 14.7. The molecule has 1 heterocycles. The largest absolute Gasteiger partial charge is 0.377 e. The maximum absolute atomic E-state index is 6.44. The smallest absolute Gasteiger partial charge is 0.0612 e. The first-order valence-corrected chi connectivity index (χ1v) is 10.3. The van der Waals surface area contributed by atoms with Crippen molar-refractivity contribution < 1.29 is 4.74 Å². The summed E-state index contributed by atoms with van der Waals surface area (Å²) in [5.41, 5.74) is 1.30. The van der Waals surface area contributed by atoms with E-state index < -0.39 is 0 Å². The molecule has 0 N–H and O–H groups in total. The van der Waals surface area contributed by atoms with Gasteiger partial charge in [-0.05, 0) is 80.0 Å². The van der Waals surface area contributed by atoms with E-state index in [4.69, 9.17) is 4.74 Å². The van der Waals surface area contributed by atoms with Crippen LogP contribution in [-0.2, 0) is 4.74 Å². The Hall–Kier alpha value is -0.0400. The maximum atomic E-state index is 6.44. The van der Waals surface area contributed by atoms with E-state index in [-0.39, 0.29) is 0 Å². The average Bonchev–Trinajstić information content (AvgIpc) is 3.02. The molecule has 1 aliphatic heterocycles. The Kier molecular flexibility index (Phi) is 3.09. The minimum absolute atomic E-state index is 0.622. The van der Waals surface area contributed by atoms with E-state index >= 15 is 0 Å². The molecule has 2 bridgehead atoms.